The summed E-state index contributed by atoms with van der Waals surface area (Å²) in [5.41, 5.74) is 9.21. The molecule has 0 aliphatic rings. The zero-order valence-electron chi connectivity index (χ0n) is 10.4. The van der Waals surface area contributed by atoms with Gasteiger partial charge in [-0.15, -0.1) is 0 Å². The standard InChI is InChI=1S/C14H21NO/c1-11(6-4-5-9-15)13-7-8-14(16-3)12(2)10-13/h6-8,10H,4-5,9,15H2,1-3H3/b11-6+. The Balaban J connectivity index is 2.80. The number of unbranched alkanes of at least 4 members (excludes halogenated alkanes) is 1. The highest BCUT2D eigenvalue weighted by molar-refractivity contribution is 5.65. The molecular weight excluding hydrogens is 198 g/mol. The number of hydrogen-bond acceptors (Lipinski definition) is 2. The summed E-state index contributed by atoms with van der Waals surface area (Å²) in [6.45, 7) is 4.96. The molecule has 0 saturated heterocycles. The van der Waals surface area contributed by atoms with E-state index in [4.69, 9.17) is 10.5 Å². The van der Waals surface area contributed by atoms with Crippen LogP contribution in [0.25, 0.3) is 5.57 Å². The summed E-state index contributed by atoms with van der Waals surface area (Å²) in [6, 6.07) is 6.28. The van der Waals surface area contributed by atoms with Gasteiger partial charge in [-0.3, -0.25) is 0 Å². The molecule has 16 heavy (non-hydrogen) atoms. The predicted octanol–water partition coefficient (Wildman–Crippen LogP) is 3.15. The highest BCUT2D eigenvalue weighted by Gasteiger charge is 2.00. The number of nitrogens with two attached hydrogens (primary N) is 1. The van der Waals surface area contributed by atoms with Crippen molar-refractivity contribution in [3.8, 4) is 5.75 Å². The second kappa shape index (κ2) is 6.33. The fraction of sp³-hybridized carbons (Fsp3) is 0.429. The van der Waals surface area contributed by atoms with Gasteiger partial charge >= 0.3 is 0 Å². The van der Waals surface area contributed by atoms with Crippen LogP contribution < -0.4 is 10.5 Å². The first-order valence-electron chi connectivity index (χ1n) is 5.71. The van der Waals surface area contributed by atoms with Crippen LogP contribution in [0.4, 0.5) is 0 Å². The molecule has 0 heterocycles. The van der Waals surface area contributed by atoms with Crippen LogP contribution >= 0.6 is 0 Å². The van der Waals surface area contributed by atoms with E-state index in [0.717, 1.165) is 25.1 Å². The van der Waals surface area contributed by atoms with Gasteiger partial charge in [-0.1, -0.05) is 12.1 Å². The van der Waals surface area contributed by atoms with E-state index in [1.54, 1.807) is 7.11 Å². The molecule has 0 aliphatic carbocycles. The van der Waals surface area contributed by atoms with E-state index < -0.39 is 0 Å². The van der Waals surface area contributed by atoms with Crippen LogP contribution in [-0.2, 0) is 0 Å². The van der Waals surface area contributed by atoms with Gasteiger partial charge in [-0.25, -0.2) is 0 Å². The highest BCUT2D eigenvalue weighted by Crippen LogP contribution is 2.23. The van der Waals surface area contributed by atoms with E-state index in [1.165, 1.54) is 16.7 Å². The van der Waals surface area contributed by atoms with Crippen molar-refractivity contribution in [2.75, 3.05) is 13.7 Å². The molecule has 0 saturated carbocycles. The highest BCUT2D eigenvalue weighted by atomic mass is 16.5. The molecule has 1 rings (SSSR count). The smallest absolute Gasteiger partial charge is 0.121 e. The van der Waals surface area contributed by atoms with E-state index >= 15 is 0 Å². The van der Waals surface area contributed by atoms with Gasteiger partial charge in [-0.05, 0) is 62.1 Å². The van der Waals surface area contributed by atoms with Crippen molar-refractivity contribution >= 4 is 5.57 Å². The Hall–Kier alpha value is -1.28. The topological polar surface area (TPSA) is 35.2 Å². The van der Waals surface area contributed by atoms with Crippen LogP contribution in [0.1, 0.15) is 30.9 Å². The normalized spacial score (nSPS) is 11.6. The molecule has 0 aromatic heterocycles. The maximum Gasteiger partial charge on any atom is 0.121 e. The molecule has 1 aromatic carbocycles. The largest absolute Gasteiger partial charge is 0.496 e. The summed E-state index contributed by atoms with van der Waals surface area (Å²) in [7, 11) is 1.70. The van der Waals surface area contributed by atoms with Gasteiger partial charge in [0.05, 0.1) is 7.11 Å². The Morgan fingerprint density at radius 3 is 2.75 bits per heavy atom. The molecule has 88 valence electrons. The van der Waals surface area contributed by atoms with Crippen LogP contribution in [0.3, 0.4) is 0 Å². The van der Waals surface area contributed by atoms with E-state index in [0.29, 0.717) is 0 Å². The number of allylic oxidation sites excluding steroid dienone is 2. The van der Waals surface area contributed by atoms with Gasteiger partial charge in [0.15, 0.2) is 0 Å². The summed E-state index contributed by atoms with van der Waals surface area (Å²) in [4.78, 5) is 0. The van der Waals surface area contributed by atoms with Gasteiger partial charge in [-0.2, -0.15) is 0 Å². The minimum atomic E-state index is 0.755. The molecule has 2 nitrogen and oxygen atoms in total. The molecule has 0 aliphatic heterocycles. The van der Waals surface area contributed by atoms with Gasteiger partial charge in [0.25, 0.3) is 0 Å². The van der Waals surface area contributed by atoms with Crippen molar-refractivity contribution in [1.82, 2.24) is 0 Å². The van der Waals surface area contributed by atoms with Crippen molar-refractivity contribution < 1.29 is 4.74 Å². The molecule has 0 amide bonds. The molecule has 1 aromatic rings. The monoisotopic (exact) mass is 219 g/mol. The van der Waals surface area contributed by atoms with Gasteiger partial charge in [0, 0.05) is 0 Å². The van der Waals surface area contributed by atoms with Gasteiger partial charge < -0.3 is 10.5 Å². The average molecular weight is 219 g/mol. The van der Waals surface area contributed by atoms with Crippen LogP contribution in [0, 0.1) is 6.92 Å². The summed E-state index contributed by atoms with van der Waals surface area (Å²) in [6.07, 6.45) is 4.34. The summed E-state index contributed by atoms with van der Waals surface area (Å²) >= 11 is 0. The second-order valence-corrected chi connectivity index (χ2v) is 4.00. The third-order valence-corrected chi connectivity index (χ3v) is 2.71. The number of aryl methyl sites for hydroxylation is 1. The van der Waals surface area contributed by atoms with Crippen molar-refractivity contribution in [1.29, 1.82) is 0 Å². The lowest BCUT2D eigenvalue weighted by atomic mass is 10.0. The molecular formula is C14H21NO. The maximum atomic E-state index is 5.47. The number of methoxy groups -OCH3 is 1. The lowest BCUT2D eigenvalue weighted by Crippen LogP contribution is -1.96. The lowest BCUT2D eigenvalue weighted by Gasteiger charge is -2.07. The first-order valence-corrected chi connectivity index (χ1v) is 5.71. The van der Waals surface area contributed by atoms with Crippen molar-refractivity contribution in [3.05, 3.63) is 35.4 Å². The first kappa shape index (κ1) is 12.8. The van der Waals surface area contributed by atoms with Crippen LogP contribution in [0.2, 0.25) is 0 Å². The molecule has 0 unspecified atom stereocenters. The number of benzene rings is 1. The minimum Gasteiger partial charge on any atom is -0.496 e. The average Bonchev–Trinajstić information content (AvgIpc) is 2.29. The maximum absolute atomic E-state index is 5.47. The van der Waals surface area contributed by atoms with E-state index in [2.05, 4.69) is 32.1 Å². The third kappa shape index (κ3) is 3.38. The van der Waals surface area contributed by atoms with Crippen molar-refractivity contribution in [2.24, 2.45) is 5.73 Å². The summed E-state index contributed by atoms with van der Waals surface area (Å²) in [5.74, 6) is 0.943. The quantitative estimate of drug-likeness (QED) is 0.772. The second-order valence-electron chi connectivity index (χ2n) is 4.00. The molecule has 0 atom stereocenters. The lowest BCUT2D eigenvalue weighted by molar-refractivity contribution is 0.411. The first-order chi connectivity index (χ1) is 7.69. The van der Waals surface area contributed by atoms with Gasteiger partial charge in [0.1, 0.15) is 5.75 Å². The van der Waals surface area contributed by atoms with Crippen LogP contribution in [0.5, 0.6) is 5.75 Å². The van der Waals surface area contributed by atoms with E-state index in [9.17, 15) is 0 Å². The third-order valence-electron chi connectivity index (χ3n) is 2.71. The zero-order valence-corrected chi connectivity index (χ0v) is 10.4. The zero-order chi connectivity index (χ0) is 12.0. The predicted molar refractivity (Wildman–Crippen MR) is 69.7 cm³/mol. The number of rotatable bonds is 5. The van der Waals surface area contributed by atoms with Crippen molar-refractivity contribution in [3.63, 3.8) is 0 Å². The van der Waals surface area contributed by atoms with Gasteiger partial charge in [0.2, 0.25) is 0 Å². The van der Waals surface area contributed by atoms with Crippen molar-refractivity contribution in [2.45, 2.75) is 26.7 Å². The fourth-order valence-corrected chi connectivity index (χ4v) is 1.68. The van der Waals surface area contributed by atoms with E-state index in [-0.39, 0.29) is 0 Å². The Morgan fingerprint density at radius 1 is 1.44 bits per heavy atom. The van der Waals surface area contributed by atoms with Crippen LogP contribution in [0.15, 0.2) is 24.3 Å². The Labute approximate surface area is 98.1 Å². The Morgan fingerprint density at radius 2 is 2.19 bits per heavy atom. The molecule has 0 fully saturated rings. The summed E-state index contributed by atoms with van der Waals surface area (Å²) in [5, 5.41) is 0. The number of ether oxygens (including phenoxy) is 1. The molecule has 0 bridgehead atoms. The molecule has 0 spiro atoms. The SMILES string of the molecule is COc1ccc(/C(C)=C/CCCN)cc1C. The van der Waals surface area contributed by atoms with E-state index in [1.807, 2.05) is 6.07 Å². The number of hydrogen-bond donors (Lipinski definition) is 1. The van der Waals surface area contributed by atoms with Crippen LogP contribution in [-0.4, -0.2) is 13.7 Å². The fourth-order valence-electron chi connectivity index (χ4n) is 1.68. The molecule has 2 N–H and O–H groups in total. The summed E-state index contributed by atoms with van der Waals surface area (Å²) < 4.78 is 5.24. The Kier molecular flexibility index (Phi) is 5.06. The molecule has 2 heteroatoms. The molecule has 0 radical (unpaired) electrons. The minimum absolute atomic E-state index is 0.755. The Bertz CT molecular complexity index is 369.